The zero-order valence-electron chi connectivity index (χ0n) is 11.6. The molecule has 0 bridgehead atoms. The summed E-state index contributed by atoms with van der Waals surface area (Å²) in [6.07, 6.45) is 0. The van der Waals surface area contributed by atoms with Gasteiger partial charge in [-0.1, -0.05) is 30.3 Å². The first kappa shape index (κ1) is 16.8. The van der Waals surface area contributed by atoms with Crippen molar-refractivity contribution in [2.45, 2.75) is 11.0 Å². The minimum atomic E-state index is -4.03. The Morgan fingerprint density at radius 2 is 1.50 bits per heavy atom. The number of urea groups is 1. The molecule has 2 N–H and O–H groups in total. The minimum Gasteiger partial charge on any atom is -1.00 e. The second-order valence-corrected chi connectivity index (χ2v) is 6.07. The number of carbonyl (C=O) groups excluding carboxylic acids is 3. The Bertz CT molecular complexity index is 630. The Labute approximate surface area is 138 Å². The number of benzene rings is 1. The summed E-state index contributed by atoms with van der Waals surface area (Å²) in [6.45, 7) is 0. The van der Waals surface area contributed by atoms with Crippen molar-refractivity contribution in [3.63, 3.8) is 0 Å². The van der Waals surface area contributed by atoms with Crippen LogP contribution in [0.5, 0.6) is 0 Å². The number of imide groups is 2. The SMILES string of the molecule is O=C1NC(=O)C(S(=O)(=O)Cc2ccccc2)C(=O)N1.[H-].[Na+]. The summed E-state index contributed by atoms with van der Waals surface area (Å²) in [5.41, 5.74) is 0.458. The van der Waals surface area contributed by atoms with Crippen molar-refractivity contribution in [1.82, 2.24) is 10.6 Å². The van der Waals surface area contributed by atoms with E-state index >= 15 is 0 Å². The maximum absolute atomic E-state index is 12.0. The molecule has 1 heterocycles. The monoisotopic (exact) mass is 306 g/mol. The van der Waals surface area contributed by atoms with E-state index in [1.807, 2.05) is 0 Å². The predicted octanol–water partition coefficient (Wildman–Crippen LogP) is -3.55. The molecule has 2 rings (SSSR count). The molecule has 0 saturated carbocycles. The fraction of sp³-hybridized carbons (Fsp3) is 0.182. The third-order valence-electron chi connectivity index (χ3n) is 2.52. The van der Waals surface area contributed by atoms with E-state index in [2.05, 4.69) is 0 Å². The molecular weight excluding hydrogens is 295 g/mol. The number of nitrogens with one attached hydrogen (secondary N) is 2. The molecule has 1 aromatic carbocycles. The van der Waals surface area contributed by atoms with Gasteiger partial charge in [-0.25, -0.2) is 13.2 Å². The molecule has 0 spiro atoms. The molecule has 102 valence electrons. The number of sulfone groups is 1. The Morgan fingerprint density at radius 3 is 2.00 bits per heavy atom. The van der Waals surface area contributed by atoms with Crippen LogP contribution in [0.4, 0.5) is 4.79 Å². The summed E-state index contributed by atoms with van der Waals surface area (Å²) in [5.74, 6) is -2.69. The molecule has 1 aromatic rings. The summed E-state index contributed by atoms with van der Waals surface area (Å²) in [7, 11) is -4.03. The van der Waals surface area contributed by atoms with E-state index in [1.165, 1.54) is 0 Å². The summed E-state index contributed by atoms with van der Waals surface area (Å²) in [4.78, 5) is 33.8. The van der Waals surface area contributed by atoms with Crippen molar-refractivity contribution in [3.8, 4) is 0 Å². The average molecular weight is 306 g/mol. The van der Waals surface area contributed by atoms with Crippen LogP contribution in [-0.2, 0) is 25.2 Å². The van der Waals surface area contributed by atoms with Gasteiger partial charge in [0, 0.05) is 0 Å². The van der Waals surface area contributed by atoms with Crippen LogP contribution in [0.25, 0.3) is 0 Å². The van der Waals surface area contributed by atoms with Crippen LogP contribution >= 0.6 is 0 Å². The Balaban J connectivity index is 0.00000200. The molecule has 1 fully saturated rings. The van der Waals surface area contributed by atoms with Gasteiger partial charge in [0.25, 0.3) is 11.8 Å². The van der Waals surface area contributed by atoms with E-state index in [4.69, 9.17) is 0 Å². The van der Waals surface area contributed by atoms with Gasteiger partial charge in [0.2, 0.25) is 5.25 Å². The number of rotatable bonds is 3. The van der Waals surface area contributed by atoms with Crippen LogP contribution in [0.3, 0.4) is 0 Å². The fourth-order valence-corrected chi connectivity index (χ4v) is 3.32. The molecule has 7 nitrogen and oxygen atoms in total. The number of carbonyl (C=O) groups is 3. The minimum absolute atomic E-state index is 0. The number of amides is 4. The van der Waals surface area contributed by atoms with Crippen LogP contribution in [0.2, 0.25) is 0 Å². The van der Waals surface area contributed by atoms with E-state index in [-0.39, 0.29) is 31.0 Å². The molecule has 1 aliphatic heterocycles. The summed E-state index contributed by atoms with van der Waals surface area (Å²) in [5, 5.41) is 1.63. The second kappa shape index (κ2) is 6.49. The van der Waals surface area contributed by atoms with Crippen LogP contribution < -0.4 is 40.2 Å². The van der Waals surface area contributed by atoms with Crippen LogP contribution in [0, 0.1) is 0 Å². The first-order valence-electron chi connectivity index (χ1n) is 5.31. The topological polar surface area (TPSA) is 109 Å². The Hall–Kier alpha value is -1.22. The van der Waals surface area contributed by atoms with E-state index in [9.17, 15) is 22.8 Å². The standard InChI is InChI=1S/C11H10N2O5S.Na.H/c14-9-8(10(15)13-11(16)12-9)19(17,18)6-7-4-2-1-3-5-7;;/h1-5,8H,6H2,(H2,12,13,14,15,16);;/q;+1;-1. The molecular formula is C11H11N2NaO5S. The number of hydrogen-bond acceptors (Lipinski definition) is 5. The van der Waals surface area contributed by atoms with Gasteiger partial charge >= 0.3 is 35.6 Å². The second-order valence-electron chi connectivity index (χ2n) is 3.98. The van der Waals surface area contributed by atoms with Crippen molar-refractivity contribution in [2.75, 3.05) is 0 Å². The zero-order valence-corrected chi connectivity index (χ0v) is 13.4. The van der Waals surface area contributed by atoms with Gasteiger partial charge in [0.1, 0.15) is 0 Å². The normalized spacial score (nSPS) is 16.1. The Morgan fingerprint density at radius 1 is 1.00 bits per heavy atom. The summed E-state index contributed by atoms with van der Waals surface area (Å²) >= 11 is 0. The maximum Gasteiger partial charge on any atom is 1.00 e. The zero-order chi connectivity index (χ0) is 14.0. The van der Waals surface area contributed by atoms with Gasteiger partial charge in [-0.05, 0) is 5.56 Å². The predicted molar refractivity (Wildman–Crippen MR) is 65.6 cm³/mol. The third-order valence-corrected chi connectivity index (χ3v) is 4.40. The van der Waals surface area contributed by atoms with Crippen LogP contribution in [0.1, 0.15) is 6.99 Å². The fourth-order valence-electron chi connectivity index (χ4n) is 1.72. The molecule has 1 aliphatic rings. The van der Waals surface area contributed by atoms with Gasteiger partial charge in [0.15, 0.2) is 9.84 Å². The van der Waals surface area contributed by atoms with Crippen molar-refractivity contribution >= 4 is 27.7 Å². The van der Waals surface area contributed by atoms with Gasteiger partial charge in [0.05, 0.1) is 5.75 Å². The largest absolute Gasteiger partial charge is 1.00 e. The summed E-state index contributed by atoms with van der Waals surface area (Å²) in [6, 6.07) is 7.14. The van der Waals surface area contributed by atoms with Crippen LogP contribution in [-0.4, -0.2) is 31.5 Å². The van der Waals surface area contributed by atoms with Gasteiger partial charge in [-0.2, -0.15) is 0 Å². The molecule has 0 unspecified atom stereocenters. The molecule has 1 saturated heterocycles. The van der Waals surface area contributed by atoms with E-state index in [1.54, 1.807) is 41.0 Å². The van der Waals surface area contributed by atoms with Crippen molar-refractivity contribution in [1.29, 1.82) is 0 Å². The third kappa shape index (κ3) is 3.66. The smallest absolute Gasteiger partial charge is 1.00 e. The molecule has 9 heteroatoms. The first-order chi connectivity index (χ1) is 8.90. The molecule has 0 aliphatic carbocycles. The maximum atomic E-state index is 12.0. The molecule has 0 aromatic heterocycles. The van der Waals surface area contributed by atoms with E-state index < -0.39 is 38.7 Å². The van der Waals surface area contributed by atoms with Gasteiger partial charge < -0.3 is 1.43 Å². The average Bonchev–Trinajstić information content (AvgIpc) is 2.27. The van der Waals surface area contributed by atoms with E-state index in [0.717, 1.165) is 0 Å². The molecule has 0 atom stereocenters. The molecule has 0 radical (unpaired) electrons. The molecule has 20 heavy (non-hydrogen) atoms. The van der Waals surface area contributed by atoms with Crippen molar-refractivity contribution < 1.29 is 53.8 Å². The van der Waals surface area contributed by atoms with Crippen molar-refractivity contribution in [3.05, 3.63) is 35.9 Å². The summed E-state index contributed by atoms with van der Waals surface area (Å²) < 4.78 is 24.1. The Kier molecular flexibility index (Phi) is 5.46. The quantitative estimate of drug-likeness (QED) is 0.444. The molecule has 4 amide bonds. The van der Waals surface area contributed by atoms with Crippen LogP contribution in [0.15, 0.2) is 30.3 Å². The number of barbiturate groups is 1. The van der Waals surface area contributed by atoms with Gasteiger partial charge in [-0.15, -0.1) is 0 Å². The number of hydrogen-bond donors (Lipinski definition) is 2. The van der Waals surface area contributed by atoms with Crippen molar-refractivity contribution in [2.24, 2.45) is 0 Å². The van der Waals surface area contributed by atoms with Gasteiger partial charge in [-0.3, -0.25) is 20.2 Å². The van der Waals surface area contributed by atoms with E-state index in [0.29, 0.717) is 5.56 Å². The first-order valence-corrected chi connectivity index (χ1v) is 7.03.